The molecule has 1 rings (SSSR count). The Kier molecular flexibility index (Phi) is 6.85. The van der Waals surface area contributed by atoms with Crippen molar-refractivity contribution in [3.8, 4) is 0 Å². The minimum atomic E-state index is -0.699. The van der Waals surface area contributed by atoms with E-state index >= 15 is 0 Å². The first-order valence-electron chi connectivity index (χ1n) is 7.26. The molecule has 116 valence electrons. The van der Waals surface area contributed by atoms with E-state index in [0.717, 1.165) is 19.5 Å². The van der Waals surface area contributed by atoms with Crippen LogP contribution in [0.2, 0.25) is 0 Å². The molecule has 1 aliphatic rings. The van der Waals surface area contributed by atoms with Crippen LogP contribution in [0.5, 0.6) is 0 Å². The summed E-state index contributed by atoms with van der Waals surface area (Å²) in [6, 6.07) is 0. The van der Waals surface area contributed by atoms with Crippen LogP contribution >= 0.6 is 12.2 Å². The first kappa shape index (κ1) is 17.3. The van der Waals surface area contributed by atoms with E-state index in [9.17, 15) is 4.79 Å². The van der Waals surface area contributed by atoms with Crippen molar-refractivity contribution in [2.24, 2.45) is 11.1 Å². The van der Waals surface area contributed by atoms with E-state index < -0.39 is 5.41 Å². The van der Waals surface area contributed by atoms with Crippen molar-refractivity contribution >= 4 is 23.1 Å². The number of nitrogens with two attached hydrogens (primary N) is 1. The molecule has 1 amide bonds. The van der Waals surface area contributed by atoms with Gasteiger partial charge in [-0.05, 0) is 33.4 Å². The van der Waals surface area contributed by atoms with Crippen molar-refractivity contribution in [1.82, 2.24) is 9.80 Å². The Morgan fingerprint density at radius 3 is 2.30 bits per heavy atom. The van der Waals surface area contributed by atoms with Gasteiger partial charge in [-0.2, -0.15) is 0 Å². The van der Waals surface area contributed by atoms with Gasteiger partial charge in [-0.25, -0.2) is 0 Å². The molecule has 0 radical (unpaired) electrons. The molecule has 0 bridgehead atoms. The molecule has 0 spiro atoms. The summed E-state index contributed by atoms with van der Waals surface area (Å²) in [5.41, 5.74) is 5.21. The number of carbonyl (C=O) groups excluding carboxylic acids is 1. The normalized spacial score (nSPS) is 18.0. The summed E-state index contributed by atoms with van der Waals surface area (Å²) >= 11 is 5.21. The summed E-state index contributed by atoms with van der Waals surface area (Å²) in [5.74, 6) is 0.0806. The van der Waals surface area contributed by atoms with Gasteiger partial charge in [0.25, 0.3) is 0 Å². The van der Waals surface area contributed by atoms with Crippen LogP contribution in [-0.2, 0) is 9.53 Å². The van der Waals surface area contributed by atoms with Gasteiger partial charge in [0.2, 0.25) is 5.91 Å². The molecule has 0 aromatic carbocycles. The lowest BCUT2D eigenvalue weighted by molar-refractivity contribution is -0.142. The van der Waals surface area contributed by atoms with Crippen molar-refractivity contribution in [2.75, 3.05) is 46.9 Å². The van der Waals surface area contributed by atoms with Crippen molar-refractivity contribution < 1.29 is 9.53 Å². The molecule has 6 heteroatoms. The zero-order valence-corrected chi connectivity index (χ0v) is 13.7. The quantitative estimate of drug-likeness (QED) is 0.707. The number of hydrogen-bond donors (Lipinski definition) is 1. The zero-order valence-electron chi connectivity index (χ0n) is 12.9. The maximum Gasteiger partial charge on any atom is 0.235 e. The second kappa shape index (κ2) is 7.90. The van der Waals surface area contributed by atoms with Gasteiger partial charge in [-0.3, -0.25) is 4.79 Å². The highest BCUT2D eigenvalue weighted by Crippen LogP contribution is 2.33. The Morgan fingerprint density at radius 1 is 1.25 bits per heavy atom. The predicted molar refractivity (Wildman–Crippen MR) is 84.7 cm³/mol. The van der Waals surface area contributed by atoms with E-state index in [1.807, 2.05) is 19.0 Å². The van der Waals surface area contributed by atoms with Crippen LogP contribution in [0.25, 0.3) is 0 Å². The van der Waals surface area contributed by atoms with Crippen molar-refractivity contribution in [1.29, 1.82) is 0 Å². The lowest BCUT2D eigenvalue weighted by atomic mass is 9.78. The maximum absolute atomic E-state index is 12.9. The molecule has 5 nitrogen and oxygen atoms in total. The summed E-state index contributed by atoms with van der Waals surface area (Å²) in [6.07, 6.45) is 2.13. The number of rotatable bonds is 7. The lowest BCUT2D eigenvalue weighted by Crippen LogP contribution is -2.54. The van der Waals surface area contributed by atoms with E-state index in [0.29, 0.717) is 37.6 Å². The van der Waals surface area contributed by atoms with Crippen LogP contribution in [0.3, 0.4) is 0 Å². The summed E-state index contributed by atoms with van der Waals surface area (Å²) in [4.78, 5) is 17.2. The minimum absolute atomic E-state index is 0.0806. The fourth-order valence-electron chi connectivity index (χ4n) is 2.49. The molecule has 20 heavy (non-hydrogen) atoms. The summed E-state index contributed by atoms with van der Waals surface area (Å²) < 4.78 is 5.37. The molecule has 1 aliphatic heterocycles. The van der Waals surface area contributed by atoms with E-state index in [1.165, 1.54) is 0 Å². The third kappa shape index (κ3) is 4.14. The smallest absolute Gasteiger partial charge is 0.235 e. The van der Waals surface area contributed by atoms with Gasteiger partial charge in [-0.15, -0.1) is 0 Å². The Balaban J connectivity index is 2.85. The second-order valence-corrected chi connectivity index (χ2v) is 6.09. The third-order valence-corrected chi connectivity index (χ3v) is 4.22. The summed E-state index contributed by atoms with van der Waals surface area (Å²) in [5, 5.41) is 0. The van der Waals surface area contributed by atoms with Gasteiger partial charge >= 0.3 is 0 Å². The zero-order chi connectivity index (χ0) is 15.2. The largest absolute Gasteiger partial charge is 0.392 e. The Hall–Kier alpha value is -0.720. The van der Waals surface area contributed by atoms with Gasteiger partial charge in [0, 0.05) is 32.8 Å². The van der Waals surface area contributed by atoms with E-state index in [-0.39, 0.29) is 5.91 Å². The van der Waals surface area contributed by atoms with Gasteiger partial charge in [0.15, 0.2) is 0 Å². The van der Waals surface area contributed by atoms with Crippen molar-refractivity contribution in [3.05, 3.63) is 0 Å². The number of thiocarbonyl (C=S) groups is 1. The standard InChI is InChI=1S/C14H27N3O2S/c1-4-7-17(9-8-16(2)3)13(18)14(12(15)20)5-10-19-11-6-14/h4-11H2,1-3H3,(H2,15,20). The molecule has 0 atom stereocenters. The van der Waals surface area contributed by atoms with Crippen LogP contribution in [-0.4, -0.2) is 67.6 Å². The maximum atomic E-state index is 12.9. The average Bonchev–Trinajstić information content (AvgIpc) is 2.43. The highest BCUT2D eigenvalue weighted by Gasteiger charge is 2.45. The van der Waals surface area contributed by atoms with Crippen LogP contribution in [0.15, 0.2) is 0 Å². The molecular weight excluding hydrogens is 274 g/mol. The topological polar surface area (TPSA) is 58.8 Å². The Morgan fingerprint density at radius 2 is 1.85 bits per heavy atom. The van der Waals surface area contributed by atoms with Crippen LogP contribution < -0.4 is 5.73 Å². The minimum Gasteiger partial charge on any atom is -0.392 e. The van der Waals surface area contributed by atoms with E-state index in [2.05, 4.69) is 11.8 Å². The fraction of sp³-hybridized carbons (Fsp3) is 0.857. The van der Waals surface area contributed by atoms with Gasteiger partial charge in [0.1, 0.15) is 5.41 Å². The van der Waals surface area contributed by atoms with E-state index in [1.54, 1.807) is 0 Å². The molecule has 0 aliphatic carbocycles. The number of carbonyl (C=O) groups is 1. The molecule has 0 aromatic heterocycles. The van der Waals surface area contributed by atoms with Crippen molar-refractivity contribution in [2.45, 2.75) is 26.2 Å². The molecular formula is C14H27N3O2S. The summed E-state index contributed by atoms with van der Waals surface area (Å²) in [6.45, 7) is 5.49. The van der Waals surface area contributed by atoms with Crippen molar-refractivity contribution in [3.63, 3.8) is 0 Å². The number of hydrogen-bond acceptors (Lipinski definition) is 4. The molecule has 0 aromatic rings. The molecule has 1 saturated heterocycles. The molecule has 1 fully saturated rings. The first-order chi connectivity index (χ1) is 9.44. The highest BCUT2D eigenvalue weighted by atomic mass is 32.1. The molecule has 0 unspecified atom stereocenters. The Bertz CT molecular complexity index is 341. The molecule has 0 saturated carbocycles. The van der Waals surface area contributed by atoms with Gasteiger partial charge < -0.3 is 20.3 Å². The number of likely N-dealkylation sites (N-methyl/N-ethyl adjacent to an activating group) is 1. The number of ether oxygens (including phenoxy) is 1. The van der Waals surface area contributed by atoms with Crippen LogP contribution in [0.1, 0.15) is 26.2 Å². The van der Waals surface area contributed by atoms with Crippen LogP contribution in [0, 0.1) is 5.41 Å². The second-order valence-electron chi connectivity index (χ2n) is 5.65. The lowest BCUT2D eigenvalue weighted by Gasteiger charge is -2.39. The van der Waals surface area contributed by atoms with E-state index in [4.69, 9.17) is 22.7 Å². The van der Waals surface area contributed by atoms with Crippen LogP contribution in [0.4, 0.5) is 0 Å². The van der Waals surface area contributed by atoms with Gasteiger partial charge in [0.05, 0.1) is 4.99 Å². The summed E-state index contributed by atoms with van der Waals surface area (Å²) in [7, 11) is 4.01. The fourth-order valence-corrected chi connectivity index (χ4v) is 2.79. The molecule has 2 N–H and O–H groups in total. The third-order valence-electron chi connectivity index (χ3n) is 3.83. The predicted octanol–water partition coefficient (Wildman–Crippen LogP) is 0.870. The number of amides is 1. The first-order valence-corrected chi connectivity index (χ1v) is 7.66. The number of nitrogens with zero attached hydrogens (tertiary/aromatic N) is 2. The monoisotopic (exact) mass is 301 g/mol. The average molecular weight is 301 g/mol. The Labute approximate surface area is 127 Å². The van der Waals surface area contributed by atoms with Gasteiger partial charge in [-0.1, -0.05) is 19.1 Å². The highest BCUT2D eigenvalue weighted by molar-refractivity contribution is 7.80. The molecule has 1 heterocycles. The SMILES string of the molecule is CCCN(CCN(C)C)C(=O)C1(C(N)=S)CCOCC1.